The molecule has 2 aliphatic carbocycles. The fraction of sp³-hybridized carbons (Fsp3) is 0.444. The molecule has 0 spiro atoms. The number of ether oxygens (including phenoxy) is 2. The van der Waals surface area contributed by atoms with Gasteiger partial charge in [-0.2, -0.15) is 0 Å². The van der Waals surface area contributed by atoms with Crippen molar-refractivity contribution < 1.29 is 38.9 Å². The molecule has 8 nitrogen and oxygen atoms in total. The van der Waals surface area contributed by atoms with Crippen molar-refractivity contribution in [2.24, 2.45) is 11.8 Å². The Balaban J connectivity index is 2.23. The number of carboxylic acid groups (broad SMARTS) is 2. The Labute approximate surface area is 149 Å². The fourth-order valence-corrected chi connectivity index (χ4v) is 3.21. The smallest absolute Gasteiger partial charge is 0.356 e. The van der Waals surface area contributed by atoms with Crippen LogP contribution in [0.2, 0.25) is 0 Å². The van der Waals surface area contributed by atoms with Crippen molar-refractivity contribution in [3.63, 3.8) is 0 Å². The normalized spacial score (nSPS) is 32.7. The van der Waals surface area contributed by atoms with E-state index in [9.17, 15) is 29.4 Å². The van der Waals surface area contributed by atoms with Gasteiger partial charge in [-0.3, -0.25) is 9.59 Å². The maximum atomic E-state index is 11.7. The molecule has 0 aromatic rings. The lowest BCUT2D eigenvalue weighted by Gasteiger charge is -2.36. The van der Waals surface area contributed by atoms with E-state index in [1.807, 2.05) is 6.08 Å². The van der Waals surface area contributed by atoms with Crippen molar-refractivity contribution in [1.82, 2.24) is 0 Å². The van der Waals surface area contributed by atoms with Crippen molar-refractivity contribution in [1.29, 1.82) is 0 Å². The average molecular weight is 364 g/mol. The Morgan fingerprint density at radius 1 is 0.923 bits per heavy atom. The molecule has 0 saturated carbocycles. The standard InChI is InChI=1S/C18H20O8/c1-11(19)25-17(15(21)22)8-5-13(6-9-17)14-4-3-7-18(10-14,16(23)24)26-12(2)20/h3-6,8-9,13-14H,7,10H2,1-2H3,(H,21,22)(H,23,24). The van der Waals surface area contributed by atoms with Crippen LogP contribution in [0.5, 0.6) is 0 Å². The van der Waals surface area contributed by atoms with Gasteiger partial charge in [0.15, 0.2) is 0 Å². The van der Waals surface area contributed by atoms with Gasteiger partial charge in [-0.1, -0.05) is 24.3 Å². The van der Waals surface area contributed by atoms with Gasteiger partial charge in [-0.05, 0) is 18.1 Å². The zero-order valence-electron chi connectivity index (χ0n) is 14.4. The third-order valence-electron chi connectivity index (χ3n) is 4.40. The number of carbonyl (C=O) groups excluding carboxylic acids is 2. The van der Waals surface area contributed by atoms with Crippen LogP contribution in [0.25, 0.3) is 0 Å². The number of hydrogen-bond donors (Lipinski definition) is 2. The fourth-order valence-electron chi connectivity index (χ4n) is 3.21. The molecule has 0 saturated heterocycles. The molecule has 26 heavy (non-hydrogen) atoms. The minimum atomic E-state index is -1.87. The van der Waals surface area contributed by atoms with Gasteiger partial charge in [0.1, 0.15) is 0 Å². The first-order chi connectivity index (χ1) is 12.1. The molecule has 0 aliphatic heterocycles. The van der Waals surface area contributed by atoms with E-state index in [0.717, 1.165) is 13.8 Å². The van der Waals surface area contributed by atoms with Crippen LogP contribution in [-0.2, 0) is 28.7 Å². The molecule has 2 atom stereocenters. The highest BCUT2D eigenvalue weighted by Gasteiger charge is 2.46. The molecule has 2 rings (SSSR count). The summed E-state index contributed by atoms with van der Waals surface area (Å²) in [6.45, 7) is 2.27. The van der Waals surface area contributed by atoms with E-state index >= 15 is 0 Å². The van der Waals surface area contributed by atoms with Crippen LogP contribution in [0.4, 0.5) is 0 Å². The number of esters is 2. The lowest BCUT2D eigenvalue weighted by Crippen LogP contribution is -2.46. The second kappa shape index (κ2) is 7.15. The van der Waals surface area contributed by atoms with Crippen molar-refractivity contribution in [2.75, 3.05) is 0 Å². The second-order valence-corrected chi connectivity index (χ2v) is 6.38. The summed E-state index contributed by atoms with van der Waals surface area (Å²) in [5, 5.41) is 18.9. The van der Waals surface area contributed by atoms with Gasteiger partial charge in [0.25, 0.3) is 0 Å². The average Bonchev–Trinajstić information content (AvgIpc) is 2.54. The molecule has 0 fully saturated rings. The van der Waals surface area contributed by atoms with Crippen molar-refractivity contribution >= 4 is 23.9 Å². The van der Waals surface area contributed by atoms with Crippen molar-refractivity contribution in [3.05, 3.63) is 36.5 Å². The molecule has 0 aromatic heterocycles. The van der Waals surface area contributed by atoms with Crippen LogP contribution in [0.1, 0.15) is 26.7 Å². The molecule has 0 heterocycles. The minimum absolute atomic E-state index is 0.0470. The van der Waals surface area contributed by atoms with E-state index in [1.165, 1.54) is 12.2 Å². The highest BCUT2D eigenvalue weighted by molar-refractivity contribution is 5.86. The van der Waals surface area contributed by atoms with Gasteiger partial charge < -0.3 is 19.7 Å². The molecule has 8 heteroatoms. The SMILES string of the molecule is CC(=O)OC1(C(=O)O)C=CC(C2C=CCC(OC(C)=O)(C(=O)O)C2)C=C1. The van der Waals surface area contributed by atoms with E-state index < -0.39 is 35.1 Å². The van der Waals surface area contributed by atoms with Crippen LogP contribution in [-0.4, -0.2) is 45.3 Å². The third kappa shape index (κ3) is 3.84. The summed E-state index contributed by atoms with van der Waals surface area (Å²) in [5.41, 5.74) is -3.52. The lowest BCUT2D eigenvalue weighted by molar-refractivity contribution is -0.179. The molecule has 2 unspecified atom stereocenters. The summed E-state index contributed by atoms with van der Waals surface area (Å²) < 4.78 is 10.0. The number of carbonyl (C=O) groups is 4. The molecule has 2 aliphatic rings. The Morgan fingerprint density at radius 3 is 1.96 bits per heavy atom. The predicted molar refractivity (Wildman–Crippen MR) is 87.9 cm³/mol. The first kappa shape index (κ1) is 19.4. The lowest BCUT2D eigenvalue weighted by atomic mass is 9.74. The van der Waals surface area contributed by atoms with Gasteiger partial charge in [0.05, 0.1) is 0 Å². The Hall–Kier alpha value is -2.90. The zero-order valence-corrected chi connectivity index (χ0v) is 14.4. The maximum Gasteiger partial charge on any atom is 0.356 e. The van der Waals surface area contributed by atoms with Gasteiger partial charge in [-0.15, -0.1) is 0 Å². The van der Waals surface area contributed by atoms with E-state index in [-0.39, 0.29) is 24.7 Å². The van der Waals surface area contributed by atoms with Gasteiger partial charge in [-0.25, -0.2) is 9.59 Å². The van der Waals surface area contributed by atoms with Crippen LogP contribution >= 0.6 is 0 Å². The summed E-state index contributed by atoms with van der Waals surface area (Å²) in [6.07, 6.45) is 9.18. The van der Waals surface area contributed by atoms with Crippen molar-refractivity contribution in [2.45, 2.75) is 37.9 Å². The first-order valence-corrected chi connectivity index (χ1v) is 8.01. The third-order valence-corrected chi connectivity index (χ3v) is 4.40. The van der Waals surface area contributed by atoms with Crippen molar-refractivity contribution in [3.8, 4) is 0 Å². The minimum Gasteiger partial charge on any atom is -0.478 e. The van der Waals surface area contributed by atoms with E-state index in [4.69, 9.17) is 9.47 Å². The number of aliphatic carboxylic acids is 2. The van der Waals surface area contributed by atoms with Gasteiger partial charge in [0, 0.05) is 32.6 Å². The van der Waals surface area contributed by atoms with Crippen LogP contribution in [0.3, 0.4) is 0 Å². The van der Waals surface area contributed by atoms with Gasteiger partial charge in [0.2, 0.25) is 11.2 Å². The summed E-state index contributed by atoms with van der Waals surface area (Å²) >= 11 is 0. The van der Waals surface area contributed by atoms with E-state index in [1.54, 1.807) is 18.2 Å². The number of carboxylic acids is 2. The summed E-state index contributed by atoms with van der Waals surface area (Å²) in [5.74, 6) is -4.64. The summed E-state index contributed by atoms with van der Waals surface area (Å²) in [7, 11) is 0. The molecule has 0 amide bonds. The van der Waals surface area contributed by atoms with E-state index in [2.05, 4.69) is 0 Å². The molecular formula is C18H20O8. The second-order valence-electron chi connectivity index (χ2n) is 6.38. The molecular weight excluding hydrogens is 344 g/mol. The molecule has 140 valence electrons. The van der Waals surface area contributed by atoms with Crippen LogP contribution in [0, 0.1) is 11.8 Å². The Morgan fingerprint density at radius 2 is 1.50 bits per heavy atom. The first-order valence-electron chi connectivity index (χ1n) is 8.01. The monoisotopic (exact) mass is 364 g/mol. The zero-order chi connectivity index (χ0) is 19.5. The Bertz CT molecular complexity index is 703. The summed E-state index contributed by atoms with van der Waals surface area (Å²) in [6, 6.07) is 0. The largest absolute Gasteiger partial charge is 0.478 e. The van der Waals surface area contributed by atoms with E-state index in [0.29, 0.717) is 0 Å². The molecule has 2 N–H and O–H groups in total. The molecule has 0 radical (unpaired) electrons. The van der Waals surface area contributed by atoms with Crippen LogP contribution < -0.4 is 0 Å². The summed E-state index contributed by atoms with van der Waals surface area (Å²) in [4.78, 5) is 45.7. The quantitative estimate of drug-likeness (QED) is 0.554. The molecule has 0 aromatic carbocycles. The number of allylic oxidation sites excluding steroid dienone is 3. The highest BCUT2D eigenvalue weighted by Crippen LogP contribution is 2.38. The van der Waals surface area contributed by atoms with Crippen LogP contribution in [0.15, 0.2) is 36.5 Å². The Kier molecular flexibility index (Phi) is 5.34. The number of rotatable bonds is 5. The topological polar surface area (TPSA) is 127 Å². The van der Waals surface area contributed by atoms with Gasteiger partial charge >= 0.3 is 23.9 Å². The maximum absolute atomic E-state index is 11.7. The molecule has 0 bridgehead atoms. The predicted octanol–water partition coefficient (Wildman–Crippen LogP) is 1.47. The number of hydrogen-bond acceptors (Lipinski definition) is 6. The highest BCUT2D eigenvalue weighted by atomic mass is 16.6.